The number of halogens is 1. The van der Waals surface area contributed by atoms with Crippen LogP contribution in [0.25, 0.3) is 0 Å². The minimum atomic E-state index is -0.329. The Bertz CT molecular complexity index is 342. The number of hydrogen-bond donors (Lipinski definition) is 1. The SMILES string of the molecule is CC(C)(C)C(=O)N1CCN(C(=O)C2CNC2)CC1.Cl. The van der Waals surface area contributed by atoms with Gasteiger partial charge >= 0.3 is 0 Å². The Balaban J connectivity index is 0.00000180. The molecule has 5 nitrogen and oxygen atoms in total. The van der Waals surface area contributed by atoms with Crippen molar-refractivity contribution in [2.75, 3.05) is 39.3 Å². The minimum Gasteiger partial charge on any atom is -0.339 e. The van der Waals surface area contributed by atoms with Crippen LogP contribution in [-0.2, 0) is 9.59 Å². The van der Waals surface area contributed by atoms with E-state index in [9.17, 15) is 9.59 Å². The number of nitrogens with zero attached hydrogens (tertiary/aromatic N) is 2. The van der Waals surface area contributed by atoms with Gasteiger partial charge in [0, 0.05) is 44.7 Å². The Morgan fingerprint density at radius 3 is 1.84 bits per heavy atom. The van der Waals surface area contributed by atoms with E-state index < -0.39 is 0 Å². The summed E-state index contributed by atoms with van der Waals surface area (Å²) >= 11 is 0. The van der Waals surface area contributed by atoms with Crippen LogP contribution in [0.15, 0.2) is 0 Å². The molecule has 0 aromatic carbocycles. The first-order chi connectivity index (χ1) is 8.39. The highest BCUT2D eigenvalue weighted by Gasteiger charge is 2.34. The van der Waals surface area contributed by atoms with Crippen LogP contribution in [0.2, 0.25) is 0 Å². The molecule has 0 atom stereocenters. The first-order valence-corrected chi connectivity index (χ1v) is 6.68. The van der Waals surface area contributed by atoms with Crippen LogP contribution in [0.5, 0.6) is 0 Å². The molecule has 0 saturated carbocycles. The van der Waals surface area contributed by atoms with Gasteiger partial charge in [-0.1, -0.05) is 20.8 Å². The van der Waals surface area contributed by atoms with E-state index in [2.05, 4.69) is 5.32 Å². The zero-order valence-corrected chi connectivity index (χ0v) is 12.8. The van der Waals surface area contributed by atoms with Crippen molar-refractivity contribution in [1.82, 2.24) is 15.1 Å². The molecule has 1 N–H and O–H groups in total. The maximum absolute atomic E-state index is 12.1. The number of piperazine rings is 1. The highest BCUT2D eigenvalue weighted by atomic mass is 35.5. The molecule has 2 amide bonds. The van der Waals surface area contributed by atoms with E-state index >= 15 is 0 Å². The molecule has 2 heterocycles. The van der Waals surface area contributed by atoms with Crippen LogP contribution in [0.1, 0.15) is 20.8 Å². The molecule has 0 unspecified atom stereocenters. The number of carbonyl (C=O) groups is 2. The lowest BCUT2D eigenvalue weighted by molar-refractivity contribution is -0.147. The van der Waals surface area contributed by atoms with Gasteiger partial charge in [0.2, 0.25) is 11.8 Å². The van der Waals surface area contributed by atoms with E-state index in [4.69, 9.17) is 0 Å². The molecule has 0 aromatic heterocycles. The maximum Gasteiger partial charge on any atom is 0.228 e. The lowest BCUT2D eigenvalue weighted by atomic mass is 9.94. The monoisotopic (exact) mass is 289 g/mol. The Morgan fingerprint density at radius 2 is 1.47 bits per heavy atom. The molecular weight excluding hydrogens is 266 g/mol. The Kier molecular flexibility index (Phi) is 5.21. The molecular formula is C13H24ClN3O2. The van der Waals surface area contributed by atoms with Crippen LogP contribution in [0.3, 0.4) is 0 Å². The number of nitrogens with one attached hydrogen (secondary N) is 1. The van der Waals surface area contributed by atoms with Gasteiger partial charge in [-0.05, 0) is 0 Å². The van der Waals surface area contributed by atoms with Crippen molar-refractivity contribution in [2.24, 2.45) is 11.3 Å². The van der Waals surface area contributed by atoms with Crippen molar-refractivity contribution in [3.05, 3.63) is 0 Å². The third kappa shape index (κ3) is 3.60. The second kappa shape index (κ2) is 6.09. The summed E-state index contributed by atoms with van der Waals surface area (Å²) in [6.07, 6.45) is 0. The lowest BCUT2D eigenvalue weighted by Crippen LogP contribution is -2.58. The fourth-order valence-corrected chi connectivity index (χ4v) is 2.33. The fraction of sp³-hybridized carbons (Fsp3) is 0.846. The molecule has 0 aromatic rings. The number of rotatable bonds is 1. The van der Waals surface area contributed by atoms with Gasteiger partial charge in [0.15, 0.2) is 0 Å². The molecule has 2 rings (SSSR count). The summed E-state index contributed by atoms with van der Waals surface area (Å²) < 4.78 is 0. The van der Waals surface area contributed by atoms with Crippen LogP contribution >= 0.6 is 12.4 Å². The summed E-state index contributed by atoms with van der Waals surface area (Å²) in [7, 11) is 0. The van der Waals surface area contributed by atoms with E-state index in [0.717, 1.165) is 13.1 Å². The highest BCUT2D eigenvalue weighted by Crippen LogP contribution is 2.19. The molecule has 0 spiro atoms. The van der Waals surface area contributed by atoms with Crippen molar-refractivity contribution in [3.63, 3.8) is 0 Å². The van der Waals surface area contributed by atoms with Crippen LogP contribution in [-0.4, -0.2) is 60.9 Å². The van der Waals surface area contributed by atoms with E-state index in [1.165, 1.54) is 0 Å². The zero-order valence-electron chi connectivity index (χ0n) is 11.9. The summed E-state index contributed by atoms with van der Waals surface area (Å²) in [5, 5.41) is 3.12. The third-order valence-corrected chi connectivity index (χ3v) is 3.65. The van der Waals surface area contributed by atoms with Crippen LogP contribution < -0.4 is 5.32 Å². The average Bonchev–Trinajstić information content (AvgIpc) is 2.24. The van der Waals surface area contributed by atoms with Gasteiger partial charge in [-0.25, -0.2) is 0 Å². The topological polar surface area (TPSA) is 52.7 Å². The van der Waals surface area contributed by atoms with E-state index in [1.807, 2.05) is 30.6 Å². The molecule has 6 heteroatoms. The molecule has 2 aliphatic heterocycles. The van der Waals surface area contributed by atoms with E-state index in [-0.39, 0.29) is 35.6 Å². The molecule has 19 heavy (non-hydrogen) atoms. The molecule has 0 radical (unpaired) electrons. The quantitative estimate of drug-likeness (QED) is 0.758. The molecule has 2 saturated heterocycles. The summed E-state index contributed by atoms with van der Waals surface area (Å²) in [5.74, 6) is 0.589. The van der Waals surface area contributed by atoms with Crippen LogP contribution in [0.4, 0.5) is 0 Å². The smallest absolute Gasteiger partial charge is 0.228 e. The number of amides is 2. The second-order valence-electron chi connectivity index (χ2n) is 6.22. The van der Waals surface area contributed by atoms with Crippen molar-refractivity contribution in [3.8, 4) is 0 Å². The maximum atomic E-state index is 12.1. The van der Waals surface area contributed by atoms with Crippen molar-refractivity contribution in [1.29, 1.82) is 0 Å². The van der Waals surface area contributed by atoms with Gasteiger partial charge in [-0.2, -0.15) is 0 Å². The Labute approximate surface area is 121 Å². The lowest BCUT2D eigenvalue weighted by Gasteiger charge is -2.40. The normalized spacial score (nSPS) is 20.6. The summed E-state index contributed by atoms with van der Waals surface area (Å²) in [6.45, 7) is 10.1. The van der Waals surface area contributed by atoms with Crippen molar-refractivity contribution in [2.45, 2.75) is 20.8 Å². The first-order valence-electron chi connectivity index (χ1n) is 6.68. The molecule has 2 fully saturated rings. The Hall–Kier alpha value is -0.810. The van der Waals surface area contributed by atoms with Gasteiger partial charge in [-0.15, -0.1) is 12.4 Å². The van der Waals surface area contributed by atoms with Gasteiger partial charge in [0.1, 0.15) is 0 Å². The number of hydrogen-bond acceptors (Lipinski definition) is 3. The summed E-state index contributed by atoms with van der Waals surface area (Å²) in [6, 6.07) is 0. The van der Waals surface area contributed by atoms with E-state index in [0.29, 0.717) is 26.2 Å². The molecule has 110 valence electrons. The van der Waals surface area contributed by atoms with E-state index in [1.54, 1.807) is 0 Å². The van der Waals surface area contributed by atoms with Crippen molar-refractivity contribution < 1.29 is 9.59 Å². The predicted molar refractivity (Wildman–Crippen MR) is 76.2 cm³/mol. The molecule has 0 bridgehead atoms. The average molecular weight is 290 g/mol. The number of carbonyl (C=O) groups excluding carboxylic acids is 2. The zero-order chi connectivity index (χ0) is 13.3. The van der Waals surface area contributed by atoms with Crippen molar-refractivity contribution >= 4 is 24.2 Å². The largest absolute Gasteiger partial charge is 0.339 e. The minimum absolute atomic E-state index is 0. The van der Waals surface area contributed by atoms with Gasteiger partial charge in [-0.3, -0.25) is 9.59 Å². The molecule has 2 aliphatic rings. The third-order valence-electron chi connectivity index (χ3n) is 3.65. The standard InChI is InChI=1S/C13H23N3O2.ClH/c1-13(2,3)12(18)16-6-4-15(5-7-16)11(17)10-8-14-9-10;/h10,14H,4-9H2,1-3H3;1H. The second-order valence-corrected chi connectivity index (χ2v) is 6.22. The first kappa shape index (κ1) is 16.2. The molecule has 0 aliphatic carbocycles. The summed E-state index contributed by atoms with van der Waals surface area (Å²) in [5.41, 5.74) is -0.329. The highest BCUT2D eigenvalue weighted by molar-refractivity contribution is 5.85. The predicted octanol–water partition coefficient (Wildman–Crippen LogP) is 0.345. The van der Waals surface area contributed by atoms with Crippen LogP contribution in [0, 0.1) is 11.3 Å². The van der Waals surface area contributed by atoms with Gasteiger partial charge in [0.05, 0.1) is 5.92 Å². The fourth-order valence-electron chi connectivity index (χ4n) is 2.33. The summed E-state index contributed by atoms with van der Waals surface area (Å²) in [4.78, 5) is 27.9. The Morgan fingerprint density at radius 1 is 1.00 bits per heavy atom. The van der Waals surface area contributed by atoms with Gasteiger partial charge in [0.25, 0.3) is 0 Å². The van der Waals surface area contributed by atoms with Gasteiger partial charge < -0.3 is 15.1 Å².